The lowest BCUT2D eigenvalue weighted by Crippen LogP contribution is -2.39. The van der Waals surface area contributed by atoms with Crippen LogP contribution in [0.2, 0.25) is 10.0 Å². The molecule has 0 saturated heterocycles. The van der Waals surface area contributed by atoms with Gasteiger partial charge in [0.05, 0.1) is 11.9 Å². The van der Waals surface area contributed by atoms with Gasteiger partial charge in [-0.25, -0.2) is 8.42 Å². The molecule has 0 saturated carbocycles. The van der Waals surface area contributed by atoms with Crippen molar-refractivity contribution >= 4 is 44.8 Å². The second kappa shape index (κ2) is 7.96. The molecule has 1 aliphatic rings. The molecule has 9 heteroatoms. The highest BCUT2D eigenvalue weighted by molar-refractivity contribution is 7.92. The molecular weight excluding hydrogens is 411 g/mol. The van der Waals surface area contributed by atoms with Crippen molar-refractivity contribution in [3.8, 4) is 5.75 Å². The summed E-state index contributed by atoms with van der Waals surface area (Å²) < 4.78 is 31.3. The zero-order valence-electron chi connectivity index (χ0n) is 14.5. The Morgan fingerprint density at radius 1 is 1.26 bits per heavy atom. The number of sulfonamides is 1. The third kappa shape index (κ3) is 4.66. The lowest BCUT2D eigenvalue weighted by Gasteiger charge is -2.20. The number of fused-ring (bicyclic) bond motifs is 1. The smallest absolute Gasteiger partial charge is 0.261 e. The molecule has 6 nitrogen and oxygen atoms in total. The van der Waals surface area contributed by atoms with E-state index in [-0.39, 0.29) is 25.4 Å². The van der Waals surface area contributed by atoms with E-state index in [1.54, 1.807) is 42.5 Å². The van der Waals surface area contributed by atoms with Crippen molar-refractivity contribution in [2.75, 3.05) is 17.1 Å². The predicted molar refractivity (Wildman–Crippen MR) is 106 cm³/mol. The number of nitrogens with one attached hydrogen (secondary N) is 1. The number of amides is 1. The molecule has 0 aromatic heterocycles. The summed E-state index contributed by atoms with van der Waals surface area (Å²) in [5, 5.41) is 3.75. The minimum absolute atomic E-state index is 0.148. The average Bonchev–Trinajstić information content (AvgIpc) is 2.80. The Bertz CT molecular complexity index is 966. The highest BCUT2D eigenvalue weighted by Crippen LogP contribution is 2.33. The molecule has 1 atom stereocenters. The van der Waals surface area contributed by atoms with Gasteiger partial charge < -0.3 is 10.1 Å². The second-order valence-electron chi connectivity index (χ2n) is 6.15. The molecule has 1 aliphatic heterocycles. The highest BCUT2D eigenvalue weighted by atomic mass is 35.5. The highest BCUT2D eigenvalue weighted by Gasteiger charge is 2.30. The molecule has 27 heavy (non-hydrogen) atoms. The Labute approximate surface area is 168 Å². The van der Waals surface area contributed by atoms with Gasteiger partial charge in [-0.2, -0.15) is 0 Å². The molecule has 0 aliphatic carbocycles. The summed E-state index contributed by atoms with van der Waals surface area (Å²) in [6.07, 6.45) is 0.540. The first kappa shape index (κ1) is 19.8. The average molecular weight is 429 g/mol. The molecule has 0 radical (unpaired) electrons. The van der Waals surface area contributed by atoms with Crippen LogP contribution in [0.15, 0.2) is 42.5 Å². The Morgan fingerprint density at radius 2 is 2.00 bits per heavy atom. The van der Waals surface area contributed by atoms with Gasteiger partial charge in [0, 0.05) is 29.6 Å². The van der Waals surface area contributed by atoms with Crippen LogP contribution in [0.25, 0.3) is 0 Å². The molecule has 2 aromatic rings. The Morgan fingerprint density at radius 3 is 2.70 bits per heavy atom. The summed E-state index contributed by atoms with van der Waals surface area (Å²) in [4.78, 5) is 12.6. The number of ether oxygens (including phenoxy) is 1. The molecule has 0 unspecified atom stereocenters. The number of nitrogens with zero attached hydrogens (tertiary/aromatic N) is 1. The number of hydrogen-bond acceptors (Lipinski definition) is 4. The number of anilines is 1. The third-order valence-corrected chi connectivity index (χ3v) is 5.93. The van der Waals surface area contributed by atoms with E-state index in [2.05, 4.69) is 5.32 Å². The Hall–Kier alpha value is -1.96. The number of para-hydroxylation sites is 2. The SMILES string of the molecule is CS(=O)(=O)N1CC[C@@H](C(=O)NCc2ccc(Cl)cc2Cl)Oc2ccccc21. The van der Waals surface area contributed by atoms with Crippen molar-refractivity contribution in [2.45, 2.75) is 19.1 Å². The minimum atomic E-state index is -3.49. The standard InChI is InChI=1S/C18H18Cl2N2O4S/c1-27(24,25)22-9-8-17(26-16-5-3-2-4-15(16)22)18(23)21-11-12-6-7-13(19)10-14(12)20/h2-7,10,17H,8-9,11H2,1H3,(H,21,23)/t17-/m0/s1. The molecule has 1 heterocycles. The van der Waals surface area contributed by atoms with Gasteiger partial charge in [-0.1, -0.05) is 41.4 Å². The largest absolute Gasteiger partial charge is 0.478 e. The maximum Gasteiger partial charge on any atom is 0.261 e. The van der Waals surface area contributed by atoms with Crippen molar-refractivity contribution in [2.24, 2.45) is 0 Å². The first-order valence-corrected chi connectivity index (χ1v) is 10.8. The fraction of sp³-hybridized carbons (Fsp3) is 0.278. The van der Waals surface area contributed by atoms with E-state index in [1.807, 2.05) is 0 Å². The number of carbonyl (C=O) groups is 1. The van der Waals surface area contributed by atoms with E-state index < -0.39 is 16.1 Å². The van der Waals surface area contributed by atoms with Gasteiger partial charge in [0.2, 0.25) is 10.0 Å². The van der Waals surface area contributed by atoms with Gasteiger partial charge in [0.15, 0.2) is 6.10 Å². The van der Waals surface area contributed by atoms with E-state index >= 15 is 0 Å². The quantitative estimate of drug-likeness (QED) is 0.810. The summed E-state index contributed by atoms with van der Waals surface area (Å²) in [6.45, 7) is 0.363. The molecule has 144 valence electrons. The second-order valence-corrected chi connectivity index (χ2v) is 8.90. The van der Waals surface area contributed by atoms with Crippen molar-refractivity contribution in [3.05, 3.63) is 58.1 Å². The molecule has 2 aromatic carbocycles. The number of benzene rings is 2. The first-order chi connectivity index (χ1) is 12.8. The van der Waals surface area contributed by atoms with Gasteiger partial charge in [-0.05, 0) is 29.8 Å². The third-order valence-electron chi connectivity index (χ3n) is 4.16. The fourth-order valence-electron chi connectivity index (χ4n) is 2.82. The van der Waals surface area contributed by atoms with Crippen LogP contribution in [0.3, 0.4) is 0 Å². The van der Waals surface area contributed by atoms with Gasteiger partial charge in [0.25, 0.3) is 5.91 Å². The maximum atomic E-state index is 12.6. The summed E-state index contributed by atoms with van der Waals surface area (Å²) in [5.41, 5.74) is 1.15. The van der Waals surface area contributed by atoms with Gasteiger partial charge >= 0.3 is 0 Å². The number of hydrogen-bond donors (Lipinski definition) is 1. The molecule has 1 N–H and O–H groups in total. The summed E-state index contributed by atoms with van der Waals surface area (Å²) in [7, 11) is -3.49. The van der Waals surface area contributed by atoms with E-state index in [4.69, 9.17) is 27.9 Å². The fourth-order valence-corrected chi connectivity index (χ4v) is 4.24. The van der Waals surface area contributed by atoms with E-state index in [1.165, 1.54) is 4.31 Å². The summed E-state index contributed by atoms with van der Waals surface area (Å²) >= 11 is 12.0. The van der Waals surface area contributed by atoms with E-state index in [9.17, 15) is 13.2 Å². The van der Waals surface area contributed by atoms with Crippen LogP contribution in [-0.4, -0.2) is 33.2 Å². The molecule has 0 spiro atoms. The summed E-state index contributed by atoms with van der Waals surface area (Å²) in [6, 6.07) is 11.8. The zero-order valence-corrected chi connectivity index (χ0v) is 16.8. The molecular formula is C18H18Cl2N2O4S. The number of carbonyl (C=O) groups excluding carboxylic acids is 1. The Balaban J connectivity index is 1.75. The van der Waals surface area contributed by atoms with Crippen molar-refractivity contribution in [1.29, 1.82) is 0 Å². The first-order valence-electron chi connectivity index (χ1n) is 8.21. The maximum absolute atomic E-state index is 12.6. The van der Waals surface area contributed by atoms with Crippen LogP contribution in [0, 0.1) is 0 Å². The van der Waals surface area contributed by atoms with Crippen molar-refractivity contribution in [1.82, 2.24) is 5.32 Å². The summed E-state index contributed by atoms with van der Waals surface area (Å²) in [5.74, 6) is 0.0104. The van der Waals surface area contributed by atoms with Crippen LogP contribution >= 0.6 is 23.2 Å². The topological polar surface area (TPSA) is 75.7 Å². The van der Waals surface area contributed by atoms with Gasteiger partial charge in [-0.15, -0.1) is 0 Å². The van der Waals surface area contributed by atoms with Crippen LogP contribution < -0.4 is 14.4 Å². The lowest BCUT2D eigenvalue weighted by atomic mass is 10.2. The molecule has 1 amide bonds. The molecule has 0 fully saturated rings. The lowest BCUT2D eigenvalue weighted by molar-refractivity contribution is -0.128. The van der Waals surface area contributed by atoms with Gasteiger partial charge in [-0.3, -0.25) is 9.10 Å². The molecule has 0 bridgehead atoms. The molecule has 3 rings (SSSR count). The van der Waals surface area contributed by atoms with E-state index in [0.29, 0.717) is 21.5 Å². The number of rotatable bonds is 4. The predicted octanol–water partition coefficient (Wildman–Crippen LogP) is 3.23. The normalized spacial score (nSPS) is 16.9. The van der Waals surface area contributed by atoms with Crippen LogP contribution in [0.1, 0.15) is 12.0 Å². The van der Waals surface area contributed by atoms with Crippen LogP contribution in [-0.2, 0) is 21.4 Å². The number of halogens is 2. The monoisotopic (exact) mass is 428 g/mol. The minimum Gasteiger partial charge on any atom is -0.478 e. The van der Waals surface area contributed by atoms with Crippen LogP contribution in [0.4, 0.5) is 5.69 Å². The van der Waals surface area contributed by atoms with E-state index in [0.717, 1.165) is 11.8 Å². The van der Waals surface area contributed by atoms with Crippen LogP contribution in [0.5, 0.6) is 5.75 Å². The van der Waals surface area contributed by atoms with Crippen molar-refractivity contribution in [3.63, 3.8) is 0 Å². The van der Waals surface area contributed by atoms with Gasteiger partial charge in [0.1, 0.15) is 5.75 Å². The van der Waals surface area contributed by atoms with Crippen molar-refractivity contribution < 1.29 is 17.9 Å². The zero-order chi connectivity index (χ0) is 19.6. The Kier molecular flexibility index (Phi) is 5.83.